The molecular formula is C20H30N4O5S. The molecule has 0 spiro atoms. The van der Waals surface area contributed by atoms with Crippen molar-refractivity contribution < 1.29 is 22.7 Å². The van der Waals surface area contributed by atoms with Gasteiger partial charge in [-0.3, -0.25) is 14.5 Å². The molecule has 0 atom stereocenters. The van der Waals surface area contributed by atoms with E-state index in [1.165, 1.54) is 24.3 Å². The van der Waals surface area contributed by atoms with E-state index >= 15 is 0 Å². The highest BCUT2D eigenvalue weighted by Crippen LogP contribution is 2.14. The summed E-state index contributed by atoms with van der Waals surface area (Å²) in [5.74, 6) is -0.0766. The number of amides is 2. The molecular weight excluding hydrogens is 408 g/mol. The van der Waals surface area contributed by atoms with Crippen molar-refractivity contribution in [2.24, 2.45) is 0 Å². The molecule has 0 saturated carbocycles. The van der Waals surface area contributed by atoms with E-state index in [-0.39, 0.29) is 22.8 Å². The van der Waals surface area contributed by atoms with Crippen LogP contribution in [0.15, 0.2) is 29.2 Å². The molecule has 1 aromatic carbocycles. The molecule has 2 aliphatic rings. The first kappa shape index (κ1) is 22.7. The minimum absolute atomic E-state index is 0.0798. The standard InChI is InChI=1S/C20H30N4O5S/c1-16(2)21-30(27,28)18-5-3-17(4-6-18)20(26)24-9-7-23(8-10-24)19(25)15-22-11-13-29-14-12-22/h3-6,16,21H,7-15H2,1-2H3. The molecule has 3 rings (SSSR count). The van der Waals surface area contributed by atoms with E-state index in [9.17, 15) is 18.0 Å². The lowest BCUT2D eigenvalue weighted by Crippen LogP contribution is -2.53. The molecule has 0 unspecified atom stereocenters. The van der Waals surface area contributed by atoms with Gasteiger partial charge in [0.15, 0.2) is 0 Å². The quantitative estimate of drug-likeness (QED) is 0.671. The van der Waals surface area contributed by atoms with Crippen LogP contribution < -0.4 is 4.72 Å². The fourth-order valence-electron chi connectivity index (χ4n) is 3.55. The van der Waals surface area contributed by atoms with Crippen LogP contribution in [0.5, 0.6) is 0 Å². The summed E-state index contributed by atoms with van der Waals surface area (Å²) >= 11 is 0. The number of benzene rings is 1. The first-order valence-electron chi connectivity index (χ1n) is 10.3. The van der Waals surface area contributed by atoms with Gasteiger partial charge in [0.25, 0.3) is 5.91 Å². The highest BCUT2D eigenvalue weighted by Gasteiger charge is 2.26. The molecule has 0 bridgehead atoms. The van der Waals surface area contributed by atoms with Gasteiger partial charge in [-0.25, -0.2) is 13.1 Å². The Morgan fingerprint density at radius 3 is 2.10 bits per heavy atom. The number of hydrogen-bond donors (Lipinski definition) is 1. The van der Waals surface area contributed by atoms with Gasteiger partial charge in [0.05, 0.1) is 24.7 Å². The second-order valence-corrected chi connectivity index (χ2v) is 9.58. The van der Waals surface area contributed by atoms with Gasteiger partial charge in [-0.15, -0.1) is 0 Å². The summed E-state index contributed by atoms with van der Waals surface area (Å²) < 4.78 is 32.3. The van der Waals surface area contributed by atoms with Crippen LogP contribution in [-0.2, 0) is 19.6 Å². The van der Waals surface area contributed by atoms with Gasteiger partial charge in [0.1, 0.15) is 0 Å². The highest BCUT2D eigenvalue weighted by molar-refractivity contribution is 7.89. The average Bonchev–Trinajstić information content (AvgIpc) is 2.73. The lowest BCUT2D eigenvalue weighted by Gasteiger charge is -2.36. The maximum Gasteiger partial charge on any atom is 0.253 e. The summed E-state index contributed by atoms with van der Waals surface area (Å²) in [7, 11) is -3.59. The third-order valence-electron chi connectivity index (χ3n) is 5.18. The molecule has 2 fully saturated rings. The summed E-state index contributed by atoms with van der Waals surface area (Å²) in [6, 6.07) is 5.75. The molecule has 9 nitrogen and oxygen atoms in total. The summed E-state index contributed by atoms with van der Waals surface area (Å²) in [5.41, 5.74) is 0.437. The third kappa shape index (κ3) is 5.78. The second kappa shape index (κ2) is 9.86. The predicted molar refractivity (Wildman–Crippen MR) is 112 cm³/mol. The molecule has 166 valence electrons. The Balaban J connectivity index is 1.53. The number of hydrogen-bond acceptors (Lipinski definition) is 6. The molecule has 0 aliphatic carbocycles. The first-order chi connectivity index (χ1) is 14.3. The smallest absolute Gasteiger partial charge is 0.253 e. The van der Waals surface area contributed by atoms with Crippen molar-refractivity contribution >= 4 is 21.8 Å². The number of morpholine rings is 1. The molecule has 0 aromatic heterocycles. The van der Waals surface area contributed by atoms with Crippen LogP contribution in [0, 0.1) is 0 Å². The van der Waals surface area contributed by atoms with Crippen LogP contribution in [0.2, 0.25) is 0 Å². The maximum absolute atomic E-state index is 12.8. The highest BCUT2D eigenvalue weighted by atomic mass is 32.2. The van der Waals surface area contributed by atoms with Crippen molar-refractivity contribution in [3.8, 4) is 0 Å². The topological polar surface area (TPSA) is 99.3 Å². The number of nitrogens with zero attached hydrogens (tertiary/aromatic N) is 3. The molecule has 1 aromatic rings. The molecule has 2 amide bonds. The minimum Gasteiger partial charge on any atom is -0.379 e. The Bertz CT molecular complexity index is 842. The molecule has 2 heterocycles. The zero-order valence-electron chi connectivity index (χ0n) is 17.5. The Morgan fingerprint density at radius 1 is 0.967 bits per heavy atom. The van der Waals surface area contributed by atoms with Gasteiger partial charge >= 0.3 is 0 Å². The number of sulfonamides is 1. The number of ether oxygens (including phenoxy) is 1. The van der Waals surface area contributed by atoms with Crippen LogP contribution >= 0.6 is 0 Å². The Kier molecular flexibility index (Phi) is 7.45. The van der Waals surface area contributed by atoms with Crippen LogP contribution in [-0.4, -0.2) is 100 Å². The fourth-order valence-corrected chi connectivity index (χ4v) is 4.80. The van der Waals surface area contributed by atoms with Crippen molar-refractivity contribution in [1.29, 1.82) is 0 Å². The Hall–Kier alpha value is -2.01. The summed E-state index contributed by atoms with van der Waals surface area (Å²) in [6.45, 7) is 8.65. The van der Waals surface area contributed by atoms with Crippen LogP contribution in [0.4, 0.5) is 0 Å². The molecule has 2 aliphatic heterocycles. The van der Waals surface area contributed by atoms with Gasteiger partial charge < -0.3 is 14.5 Å². The Labute approximate surface area is 178 Å². The van der Waals surface area contributed by atoms with Crippen LogP contribution in [0.1, 0.15) is 24.2 Å². The zero-order chi connectivity index (χ0) is 21.7. The van der Waals surface area contributed by atoms with Gasteiger partial charge in [-0.05, 0) is 38.1 Å². The monoisotopic (exact) mass is 438 g/mol. The number of carbonyl (C=O) groups excluding carboxylic acids is 2. The van der Waals surface area contributed by atoms with Gasteiger partial charge in [0, 0.05) is 50.9 Å². The van der Waals surface area contributed by atoms with E-state index in [1.54, 1.807) is 23.6 Å². The van der Waals surface area contributed by atoms with E-state index in [4.69, 9.17) is 4.74 Å². The lowest BCUT2D eigenvalue weighted by atomic mass is 10.2. The molecule has 0 radical (unpaired) electrons. The third-order valence-corrected chi connectivity index (χ3v) is 6.86. The van der Waals surface area contributed by atoms with Gasteiger partial charge in [-0.2, -0.15) is 0 Å². The van der Waals surface area contributed by atoms with Crippen molar-refractivity contribution in [3.63, 3.8) is 0 Å². The number of rotatable bonds is 6. The van der Waals surface area contributed by atoms with Crippen LogP contribution in [0.3, 0.4) is 0 Å². The summed E-state index contributed by atoms with van der Waals surface area (Å²) in [5, 5.41) is 0. The second-order valence-electron chi connectivity index (χ2n) is 7.86. The summed E-state index contributed by atoms with van der Waals surface area (Å²) in [4.78, 5) is 31.0. The largest absolute Gasteiger partial charge is 0.379 e. The molecule has 2 saturated heterocycles. The average molecular weight is 439 g/mol. The van der Waals surface area contributed by atoms with Crippen LogP contribution in [0.25, 0.3) is 0 Å². The normalized spacial score (nSPS) is 18.6. The van der Waals surface area contributed by atoms with Crippen molar-refractivity contribution in [3.05, 3.63) is 29.8 Å². The maximum atomic E-state index is 12.8. The summed E-state index contributed by atoms with van der Waals surface area (Å²) in [6.07, 6.45) is 0. The molecule has 1 N–H and O–H groups in total. The minimum atomic E-state index is -3.59. The van der Waals surface area contributed by atoms with Gasteiger partial charge in [0.2, 0.25) is 15.9 Å². The van der Waals surface area contributed by atoms with Crippen molar-refractivity contribution in [1.82, 2.24) is 19.4 Å². The molecule has 10 heteroatoms. The van der Waals surface area contributed by atoms with Crippen molar-refractivity contribution in [2.45, 2.75) is 24.8 Å². The van der Waals surface area contributed by atoms with Crippen molar-refractivity contribution in [2.75, 3.05) is 59.0 Å². The van der Waals surface area contributed by atoms with E-state index in [2.05, 4.69) is 9.62 Å². The first-order valence-corrected chi connectivity index (χ1v) is 11.7. The van der Waals surface area contributed by atoms with Gasteiger partial charge in [-0.1, -0.05) is 0 Å². The van der Waals surface area contributed by atoms with E-state index in [0.29, 0.717) is 51.5 Å². The predicted octanol–water partition coefficient (Wildman–Crippen LogP) is -0.0101. The fraction of sp³-hybridized carbons (Fsp3) is 0.600. The van der Waals surface area contributed by atoms with E-state index < -0.39 is 10.0 Å². The molecule has 30 heavy (non-hydrogen) atoms. The zero-order valence-corrected chi connectivity index (χ0v) is 18.4. The lowest BCUT2D eigenvalue weighted by molar-refractivity contribution is -0.134. The Morgan fingerprint density at radius 2 is 1.53 bits per heavy atom. The SMILES string of the molecule is CC(C)NS(=O)(=O)c1ccc(C(=O)N2CCN(C(=O)CN3CCOCC3)CC2)cc1. The van der Waals surface area contributed by atoms with E-state index in [1.807, 2.05) is 0 Å². The van der Waals surface area contributed by atoms with E-state index in [0.717, 1.165) is 13.1 Å². The number of nitrogens with one attached hydrogen (secondary N) is 1. The number of piperazine rings is 1. The number of carbonyl (C=O) groups is 2.